The zero-order valence-corrected chi connectivity index (χ0v) is 9.18. The summed E-state index contributed by atoms with van der Waals surface area (Å²) in [5.41, 5.74) is -0.386. The van der Waals surface area contributed by atoms with Gasteiger partial charge in [0.2, 0.25) is 0 Å². The van der Waals surface area contributed by atoms with Gasteiger partial charge in [-0.15, -0.1) is 0 Å². The van der Waals surface area contributed by atoms with E-state index in [9.17, 15) is 9.90 Å². The van der Waals surface area contributed by atoms with Crippen LogP contribution in [-0.4, -0.2) is 38.6 Å². The lowest BCUT2D eigenvalue weighted by molar-refractivity contribution is -0.0459. The second-order valence-corrected chi connectivity index (χ2v) is 4.07. The molecule has 3 atom stereocenters. The molecule has 1 aromatic heterocycles. The number of hydrogen-bond acceptors (Lipinski definition) is 5. The number of rotatable bonds is 2. The molecule has 0 aromatic carbocycles. The predicted octanol–water partition coefficient (Wildman–Crippen LogP) is -0.453. The molecule has 88 valence electrons. The van der Waals surface area contributed by atoms with Crippen LogP contribution in [0.3, 0.4) is 0 Å². The minimum atomic E-state index is -0.759. The Morgan fingerprint density at radius 2 is 2.44 bits per heavy atom. The van der Waals surface area contributed by atoms with E-state index >= 15 is 0 Å². The molecule has 1 fully saturated rings. The Labute approximate surface area is 96.1 Å². The van der Waals surface area contributed by atoms with Gasteiger partial charge in [-0.2, -0.15) is 0 Å². The highest BCUT2D eigenvalue weighted by atomic mass is 32.1. The molecule has 2 unspecified atom stereocenters. The van der Waals surface area contributed by atoms with Crippen molar-refractivity contribution in [3.63, 3.8) is 0 Å². The van der Waals surface area contributed by atoms with E-state index in [0.29, 0.717) is 4.64 Å². The smallest absolute Gasteiger partial charge is 0.328 e. The summed E-state index contributed by atoms with van der Waals surface area (Å²) >= 11 is 4.80. The fourth-order valence-corrected chi connectivity index (χ4v) is 1.85. The molecule has 0 radical (unpaired) electrons. The molecule has 0 amide bonds. The van der Waals surface area contributed by atoms with Gasteiger partial charge < -0.3 is 14.9 Å². The van der Waals surface area contributed by atoms with Crippen LogP contribution in [0.4, 0.5) is 0 Å². The zero-order valence-electron chi connectivity index (χ0n) is 8.37. The maximum atomic E-state index is 11.5. The Balaban J connectivity index is 2.27. The summed E-state index contributed by atoms with van der Waals surface area (Å²) < 4.78 is 7.00. The van der Waals surface area contributed by atoms with Gasteiger partial charge in [0.05, 0.1) is 12.7 Å². The third-order valence-corrected chi connectivity index (χ3v) is 2.78. The summed E-state index contributed by atoms with van der Waals surface area (Å²) in [4.78, 5) is 14.0. The summed E-state index contributed by atoms with van der Waals surface area (Å²) in [6.07, 6.45) is -0.176. The van der Waals surface area contributed by atoms with Crippen molar-refractivity contribution < 1.29 is 14.9 Å². The van der Waals surface area contributed by atoms with Crippen LogP contribution in [0.1, 0.15) is 12.6 Å². The SMILES string of the molecule is O=c1[nH]c(=S)ccn1C1CC(O)[C@@H](CO)O1. The summed E-state index contributed by atoms with van der Waals surface area (Å²) in [5.74, 6) is 0. The third kappa shape index (κ3) is 2.07. The molecule has 1 aliphatic rings. The van der Waals surface area contributed by atoms with Gasteiger partial charge in [-0.05, 0) is 6.07 Å². The van der Waals surface area contributed by atoms with Crippen LogP contribution in [0.25, 0.3) is 0 Å². The molecule has 3 N–H and O–H groups in total. The minimum absolute atomic E-state index is 0.269. The van der Waals surface area contributed by atoms with Gasteiger partial charge in [-0.1, -0.05) is 12.2 Å². The van der Waals surface area contributed by atoms with Crippen molar-refractivity contribution in [2.75, 3.05) is 6.61 Å². The topological polar surface area (TPSA) is 87.5 Å². The van der Waals surface area contributed by atoms with Crippen molar-refractivity contribution in [1.29, 1.82) is 0 Å². The normalized spacial score (nSPS) is 29.5. The lowest BCUT2D eigenvalue weighted by Gasteiger charge is -2.13. The summed E-state index contributed by atoms with van der Waals surface area (Å²) in [7, 11) is 0. The molecule has 1 saturated heterocycles. The van der Waals surface area contributed by atoms with Gasteiger partial charge in [0, 0.05) is 12.6 Å². The van der Waals surface area contributed by atoms with Crippen LogP contribution in [0.2, 0.25) is 0 Å². The number of hydrogen-bond donors (Lipinski definition) is 3. The monoisotopic (exact) mass is 244 g/mol. The van der Waals surface area contributed by atoms with E-state index < -0.39 is 18.4 Å². The summed E-state index contributed by atoms with van der Waals surface area (Å²) in [6, 6.07) is 1.57. The first kappa shape index (κ1) is 11.5. The average molecular weight is 244 g/mol. The minimum Gasteiger partial charge on any atom is -0.394 e. The molecule has 0 bridgehead atoms. The zero-order chi connectivity index (χ0) is 11.7. The Bertz CT molecular complexity index is 483. The van der Waals surface area contributed by atoms with Crippen molar-refractivity contribution in [1.82, 2.24) is 9.55 Å². The standard InChI is InChI=1S/C9H12N2O4S/c12-4-6-5(13)3-8(15-6)11-2-1-7(16)10-9(11)14/h1-2,5-6,8,12-13H,3-4H2,(H,10,14,16)/t5?,6-,8?/m1/s1. The fourth-order valence-electron chi connectivity index (χ4n) is 1.70. The van der Waals surface area contributed by atoms with E-state index in [0.717, 1.165) is 0 Å². The molecule has 0 spiro atoms. The number of ether oxygens (including phenoxy) is 1. The quantitative estimate of drug-likeness (QED) is 0.613. The van der Waals surface area contributed by atoms with E-state index in [-0.39, 0.29) is 18.7 Å². The molecule has 16 heavy (non-hydrogen) atoms. The van der Waals surface area contributed by atoms with E-state index in [1.165, 1.54) is 10.8 Å². The van der Waals surface area contributed by atoms with Crippen LogP contribution in [0, 0.1) is 4.64 Å². The number of nitrogens with one attached hydrogen (secondary N) is 1. The number of H-pyrrole nitrogens is 1. The maximum absolute atomic E-state index is 11.5. The number of nitrogens with zero attached hydrogens (tertiary/aromatic N) is 1. The van der Waals surface area contributed by atoms with Gasteiger partial charge in [0.25, 0.3) is 0 Å². The second-order valence-electron chi connectivity index (χ2n) is 3.63. The van der Waals surface area contributed by atoms with Crippen LogP contribution >= 0.6 is 12.2 Å². The van der Waals surface area contributed by atoms with Gasteiger partial charge in [-0.3, -0.25) is 9.55 Å². The molecule has 0 saturated carbocycles. The molecule has 6 nitrogen and oxygen atoms in total. The Kier molecular flexibility index (Phi) is 3.20. The maximum Gasteiger partial charge on any atom is 0.328 e. The van der Waals surface area contributed by atoms with Crippen LogP contribution in [0.15, 0.2) is 17.1 Å². The molecule has 2 heterocycles. The highest BCUT2D eigenvalue weighted by molar-refractivity contribution is 7.71. The summed E-state index contributed by atoms with van der Waals surface area (Å²) in [5, 5.41) is 18.5. The average Bonchev–Trinajstić information content (AvgIpc) is 2.59. The van der Waals surface area contributed by atoms with Gasteiger partial charge >= 0.3 is 5.69 Å². The lowest BCUT2D eigenvalue weighted by Crippen LogP contribution is -2.27. The molecule has 1 aliphatic heterocycles. The molecule has 1 aromatic rings. The highest BCUT2D eigenvalue weighted by Gasteiger charge is 2.34. The van der Waals surface area contributed by atoms with Crippen LogP contribution in [0.5, 0.6) is 0 Å². The molecular weight excluding hydrogens is 232 g/mol. The van der Waals surface area contributed by atoms with E-state index in [1.54, 1.807) is 6.07 Å². The molecular formula is C9H12N2O4S. The van der Waals surface area contributed by atoms with E-state index in [4.69, 9.17) is 22.1 Å². The fraction of sp³-hybridized carbons (Fsp3) is 0.556. The van der Waals surface area contributed by atoms with Crippen LogP contribution < -0.4 is 5.69 Å². The predicted molar refractivity (Wildman–Crippen MR) is 57.5 cm³/mol. The van der Waals surface area contributed by atoms with Crippen molar-refractivity contribution in [3.8, 4) is 0 Å². The molecule has 7 heteroatoms. The van der Waals surface area contributed by atoms with Gasteiger partial charge in [0.15, 0.2) is 0 Å². The van der Waals surface area contributed by atoms with Gasteiger partial charge in [0.1, 0.15) is 17.0 Å². The van der Waals surface area contributed by atoms with Crippen LogP contribution in [-0.2, 0) is 4.74 Å². The number of aliphatic hydroxyl groups excluding tert-OH is 2. The molecule has 2 rings (SSSR count). The van der Waals surface area contributed by atoms with E-state index in [1.807, 2.05) is 0 Å². The lowest BCUT2D eigenvalue weighted by atomic mass is 10.2. The van der Waals surface area contributed by atoms with Crippen molar-refractivity contribution in [2.45, 2.75) is 24.9 Å². The van der Waals surface area contributed by atoms with Crippen molar-refractivity contribution in [3.05, 3.63) is 27.4 Å². The summed E-state index contributed by atoms with van der Waals surface area (Å²) in [6.45, 7) is -0.269. The second kappa shape index (κ2) is 4.46. The number of aliphatic hydroxyl groups is 2. The van der Waals surface area contributed by atoms with Crippen molar-refractivity contribution >= 4 is 12.2 Å². The first-order chi connectivity index (χ1) is 7.61. The van der Waals surface area contributed by atoms with Crippen molar-refractivity contribution in [2.24, 2.45) is 0 Å². The van der Waals surface area contributed by atoms with E-state index in [2.05, 4.69) is 4.98 Å². The largest absolute Gasteiger partial charge is 0.394 e. The highest BCUT2D eigenvalue weighted by Crippen LogP contribution is 2.26. The first-order valence-electron chi connectivity index (χ1n) is 4.87. The Hall–Kier alpha value is -1.02. The number of aromatic amines is 1. The Morgan fingerprint density at radius 3 is 3.00 bits per heavy atom. The first-order valence-corrected chi connectivity index (χ1v) is 5.28. The molecule has 0 aliphatic carbocycles. The number of aromatic nitrogens is 2. The van der Waals surface area contributed by atoms with Gasteiger partial charge in [-0.25, -0.2) is 4.79 Å². The third-order valence-electron chi connectivity index (χ3n) is 2.55. The Morgan fingerprint density at radius 1 is 1.69 bits per heavy atom.